The Labute approximate surface area is 113 Å². The molecule has 1 aromatic rings. The summed E-state index contributed by atoms with van der Waals surface area (Å²) in [6, 6.07) is -0.0905. The molecule has 19 heavy (non-hydrogen) atoms. The number of thiazole rings is 1. The molecule has 1 aliphatic carbocycles. The van der Waals surface area contributed by atoms with E-state index < -0.39 is 12.7 Å². The van der Waals surface area contributed by atoms with Crippen LogP contribution in [0.1, 0.15) is 48.0 Å². The summed E-state index contributed by atoms with van der Waals surface area (Å²) in [5.41, 5.74) is 0.586. The zero-order valence-electron chi connectivity index (χ0n) is 10.7. The average Bonchev–Trinajstić information content (AvgIpc) is 3.03. The highest BCUT2D eigenvalue weighted by molar-refractivity contribution is 7.17. The van der Waals surface area contributed by atoms with Crippen LogP contribution >= 0.6 is 11.3 Å². The van der Waals surface area contributed by atoms with Crippen LogP contribution in [0, 0.1) is 0 Å². The second-order valence-corrected chi connectivity index (χ2v) is 6.00. The average molecular weight is 292 g/mol. The molecule has 0 amide bonds. The Balaban J connectivity index is 2.29. The van der Waals surface area contributed by atoms with Gasteiger partial charge in [-0.05, 0) is 18.8 Å². The van der Waals surface area contributed by atoms with Crippen LogP contribution in [0.15, 0.2) is 0 Å². The third-order valence-electron chi connectivity index (χ3n) is 2.91. The van der Waals surface area contributed by atoms with Crippen LogP contribution in [0.4, 0.5) is 18.3 Å². The van der Waals surface area contributed by atoms with Crippen LogP contribution in [0.25, 0.3) is 0 Å². The molecule has 0 aromatic carbocycles. The Morgan fingerprint density at radius 1 is 1.47 bits per heavy atom. The van der Waals surface area contributed by atoms with Gasteiger partial charge in [0.1, 0.15) is 6.54 Å². The number of hydrogen-bond donors (Lipinski definition) is 0. The van der Waals surface area contributed by atoms with Gasteiger partial charge in [-0.1, -0.05) is 25.2 Å². The molecule has 1 saturated carbocycles. The lowest BCUT2D eigenvalue weighted by atomic mass is 10.1. The van der Waals surface area contributed by atoms with Gasteiger partial charge in [0.25, 0.3) is 0 Å². The SMILES string of the molecule is CC(C)c1nc(N(CC(F)(F)F)C2CC2)sc1C=O. The van der Waals surface area contributed by atoms with Gasteiger partial charge >= 0.3 is 6.18 Å². The van der Waals surface area contributed by atoms with Gasteiger partial charge in [-0.25, -0.2) is 4.98 Å². The van der Waals surface area contributed by atoms with Gasteiger partial charge in [0, 0.05) is 6.04 Å². The Bertz CT molecular complexity index is 466. The van der Waals surface area contributed by atoms with E-state index in [-0.39, 0.29) is 12.0 Å². The van der Waals surface area contributed by atoms with Gasteiger partial charge in [-0.3, -0.25) is 4.79 Å². The molecule has 0 saturated heterocycles. The lowest BCUT2D eigenvalue weighted by Gasteiger charge is -2.22. The molecule has 7 heteroatoms. The van der Waals surface area contributed by atoms with E-state index in [9.17, 15) is 18.0 Å². The molecule has 106 valence electrons. The van der Waals surface area contributed by atoms with E-state index in [1.807, 2.05) is 13.8 Å². The van der Waals surface area contributed by atoms with Crippen molar-refractivity contribution in [2.45, 2.75) is 44.8 Å². The Morgan fingerprint density at radius 3 is 2.47 bits per heavy atom. The van der Waals surface area contributed by atoms with Crippen LogP contribution in [-0.4, -0.2) is 30.0 Å². The highest BCUT2D eigenvalue weighted by Crippen LogP contribution is 2.38. The fourth-order valence-corrected chi connectivity index (χ4v) is 2.99. The van der Waals surface area contributed by atoms with Crippen molar-refractivity contribution >= 4 is 22.8 Å². The molecule has 0 atom stereocenters. The molecule has 0 aliphatic heterocycles. The van der Waals surface area contributed by atoms with Crippen molar-refractivity contribution in [2.75, 3.05) is 11.4 Å². The molecule has 1 aliphatic rings. The summed E-state index contributed by atoms with van der Waals surface area (Å²) in [4.78, 5) is 16.9. The summed E-state index contributed by atoms with van der Waals surface area (Å²) >= 11 is 1.05. The van der Waals surface area contributed by atoms with E-state index in [0.29, 0.717) is 22.0 Å². The van der Waals surface area contributed by atoms with Crippen molar-refractivity contribution in [3.05, 3.63) is 10.6 Å². The predicted octanol–water partition coefficient (Wildman–Crippen LogP) is 3.61. The number of hydrogen-bond acceptors (Lipinski definition) is 4. The molecule has 1 fully saturated rings. The molecule has 0 spiro atoms. The third kappa shape index (κ3) is 3.46. The number of alkyl halides is 3. The number of anilines is 1. The second-order valence-electron chi connectivity index (χ2n) is 4.99. The molecule has 2 rings (SSSR count). The maximum atomic E-state index is 12.6. The van der Waals surface area contributed by atoms with Gasteiger partial charge in [-0.2, -0.15) is 13.2 Å². The lowest BCUT2D eigenvalue weighted by Crippen LogP contribution is -2.35. The first-order valence-electron chi connectivity index (χ1n) is 6.11. The highest BCUT2D eigenvalue weighted by Gasteiger charge is 2.39. The smallest absolute Gasteiger partial charge is 0.336 e. The first-order chi connectivity index (χ1) is 8.81. The van der Waals surface area contributed by atoms with Crippen molar-refractivity contribution in [1.29, 1.82) is 0 Å². The van der Waals surface area contributed by atoms with Crippen LogP contribution in [0.5, 0.6) is 0 Å². The largest absolute Gasteiger partial charge is 0.406 e. The minimum atomic E-state index is -4.26. The molecular weight excluding hydrogens is 277 g/mol. The number of carbonyl (C=O) groups excluding carboxylic acids is 1. The zero-order chi connectivity index (χ0) is 14.2. The van der Waals surface area contributed by atoms with Gasteiger partial charge in [0.15, 0.2) is 11.4 Å². The summed E-state index contributed by atoms with van der Waals surface area (Å²) in [6.07, 6.45) is -2.07. The highest BCUT2D eigenvalue weighted by atomic mass is 32.1. The number of nitrogens with zero attached hydrogens (tertiary/aromatic N) is 2. The maximum absolute atomic E-state index is 12.6. The molecule has 0 N–H and O–H groups in total. The third-order valence-corrected chi connectivity index (χ3v) is 3.94. The summed E-state index contributed by atoms with van der Waals surface area (Å²) in [6.45, 7) is 2.75. The summed E-state index contributed by atoms with van der Waals surface area (Å²) < 4.78 is 37.8. The Morgan fingerprint density at radius 2 is 2.11 bits per heavy atom. The molecule has 3 nitrogen and oxygen atoms in total. The molecule has 1 aromatic heterocycles. The summed E-state index contributed by atoms with van der Waals surface area (Å²) in [5.74, 6) is 0.0251. The van der Waals surface area contributed by atoms with Crippen molar-refractivity contribution in [2.24, 2.45) is 0 Å². The molecule has 0 unspecified atom stereocenters. The van der Waals surface area contributed by atoms with Crippen LogP contribution in [0.3, 0.4) is 0 Å². The minimum Gasteiger partial charge on any atom is -0.336 e. The fourth-order valence-electron chi connectivity index (χ4n) is 1.88. The first-order valence-corrected chi connectivity index (χ1v) is 6.92. The Hall–Kier alpha value is -1.11. The quantitative estimate of drug-likeness (QED) is 0.777. The molecular formula is C12H15F3N2OS. The number of rotatable bonds is 5. The monoisotopic (exact) mass is 292 g/mol. The second kappa shape index (κ2) is 5.11. The van der Waals surface area contributed by atoms with E-state index in [4.69, 9.17) is 0 Å². The lowest BCUT2D eigenvalue weighted by molar-refractivity contribution is -0.120. The van der Waals surface area contributed by atoms with Crippen LogP contribution < -0.4 is 4.90 Å². The normalized spacial score (nSPS) is 15.9. The number of carbonyl (C=O) groups is 1. The van der Waals surface area contributed by atoms with Gasteiger partial charge < -0.3 is 4.90 Å². The molecule has 0 bridgehead atoms. The van der Waals surface area contributed by atoms with Crippen molar-refractivity contribution in [3.8, 4) is 0 Å². The molecule has 1 heterocycles. The van der Waals surface area contributed by atoms with E-state index in [2.05, 4.69) is 4.98 Å². The standard InChI is InChI=1S/C12H15F3N2OS/c1-7(2)10-9(5-18)19-11(16-10)17(8-3-4-8)6-12(13,14)15/h5,7-8H,3-4,6H2,1-2H3. The predicted molar refractivity (Wildman–Crippen MR) is 68.0 cm³/mol. The van der Waals surface area contributed by atoms with Crippen LogP contribution in [0.2, 0.25) is 0 Å². The van der Waals surface area contributed by atoms with E-state index >= 15 is 0 Å². The number of aromatic nitrogens is 1. The van der Waals surface area contributed by atoms with Crippen LogP contribution in [-0.2, 0) is 0 Å². The van der Waals surface area contributed by atoms with Gasteiger partial charge in [0.05, 0.1) is 10.6 Å². The zero-order valence-corrected chi connectivity index (χ0v) is 11.5. The topological polar surface area (TPSA) is 33.2 Å². The van der Waals surface area contributed by atoms with Crippen molar-refractivity contribution in [1.82, 2.24) is 4.98 Å². The Kier molecular flexibility index (Phi) is 3.85. The number of aldehydes is 1. The van der Waals surface area contributed by atoms with Crippen molar-refractivity contribution < 1.29 is 18.0 Å². The van der Waals surface area contributed by atoms with Gasteiger partial charge in [0.2, 0.25) is 0 Å². The number of halogens is 3. The minimum absolute atomic E-state index is 0.0251. The molecule has 0 radical (unpaired) electrons. The van der Waals surface area contributed by atoms with E-state index in [1.165, 1.54) is 4.90 Å². The fraction of sp³-hybridized carbons (Fsp3) is 0.667. The van der Waals surface area contributed by atoms with E-state index in [1.54, 1.807) is 0 Å². The van der Waals surface area contributed by atoms with E-state index in [0.717, 1.165) is 24.2 Å². The summed E-state index contributed by atoms with van der Waals surface area (Å²) in [5, 5.41) is 0.311. The maximum Gasteiger partial charge on any atom is 0.406 e. The summed E-state index contributed by atoms with van der Waals surface area (Å²) in [7, 11) is 0. The van der Waals surface area contributed by atoms with Gasteiger partial charge in [-0.15, -0.1) is 0 Å². The first kappa shape index (κ1) is 14.3. The van der Waals surface area contributed by atoms with Crippen molar-refractivity contribution in [3.63, 3.8) is 0 Å².